The second-order valence-electron chi connectivity index (χ2n) is 2.60. The van der Waals surface area contributed by atoms with Crippen molar-refractivity contribution in [2.75, 3.05) is 13.7 Å². The molecular formula is C7H11NO4. The number of carbonyl (C=O) groups is 1. The van der Waals surface area contributed by atoms with Gasteiger partial charge in [0.2, 0.25) is 0 Å². The quantitative estimate of drug-likeness (QED) is 0.643. The lowest BCUT2D eigenvalue weighted by Crippen LogP contribution is -2.24. The van der Waals surface area contributed by atoms with Crippen molar-refractivity contribution in [3.63, 3.8) is 0 Å². The molecule has 0 aromatic carbocycles. The van der Waals surface area contributed by atoms with Crippen molar-refractivity contribution in [2.45, 2.75) is 13.0 Å². The van der Waals surface area contributed by atoms with Crippen molar-refractivity contribution in [2.24, 2.45) is 10.9 Å². The molecule has 0 saturated heterocycles. The van der Waals surface area contributed by atoms with Crippen molar-refractivity contribution in [1.82, 2.24) is 0 Å². The highest BCUT2D eigenvalue weighted by Gasteiger charge is 2.29. The van der Waals surface area contributed by atoms with Crippen LogP contribution in [0.3, 0.4) is 0 Å². The average molecular weight is 173 g/mol. The summed E-state index contributed by atoms with van der Waals surface area (Å²) in [4.78, 5) is 14.4. The van der Waals surface area contributed by atoms with Crippen LogP contribution in [0.2, 0.25) is 0 Å². The van der Waals surface area contributed by atoms with Gasteiger partial charge >= 0.3 is 12.1 Å². The van der Waals surface area contributed by atoms with Crippen molar-refractivity contribution >= 4 is 12.1 Å². The molecule has 2 unspecified atom stereocenters. The first-order chi connectivity index (χ1) is 5.65. The maximum Gasteiger partial charge on any atom is 0.383 e. The number of aliphatic carboxylic acids is 1. The summed E-state index contributed by atoms with van der Waals surface area (Å²) in [5.41, 5.74) is 0. The fourth-order valence-electron chi connectivity index (χ4n) is 0.899. The maximum atomic E-state index is 10.5. The first kappa shape index (κ1) is 8.83. The third kappa shape index (κ3) is 1.66. The summed E-state index contributed by atoms with van der Waals surface area (Å²) in [5.74, 6) is -1.40. The number of hydrogen-bond donors (Lipinski definition) is 1. The summed E-state index contributed by atoms with van der Waals surface area (Å²) in [7, 11) is 1.44. The molecular weight excluding hydrogens is 162 g/mol. The third-order valence-corrected chi connectivity index (χ3v) is 1.79. The molecule has 5 heteroatoms. The van der Waals surface area contributed by atoms with Gasteiger partial charge in [-0.25, -0.2) is 4.99 Å². The van der Waals surface area contributed by atoms with E-state index in [-0.39, 0.29) is 18.7 Å². The van der Waals surface area contributed by atoms with Gasteiger partial charge in [-0.2, -0.15) is 0 Å². The predicted octanol–water partition coefficient (Wildman–Crippen LogP) is 0.108. The second kappa shape index (κ2) is 3.42. The van der Waals surface area contributed by atoms with Crippen LogP contribution >= 0.6 is 0 Å². The Balaban J connectivity index is 2.56. The molecule has 1 heterocycles. The first-order valence-corrected chi connectivity index (χ1v) is 3.62. The fourth-order valence-corrected chi connectivity index (χ4v) is 0.899. The molecule has 68 valence electrons. The van der Waals surface area contributed by atoms with E-state index in [0.29, 0.717) is 0 Å². The van der Waals surface area contributed by atoms with Gasteiger partial charge in [-0.3, -0.25) is 4.79 Å². The smallest absolute Gasteiger partial charge is 0.383 e. The molecule has 0 aliphatic carbocycles. The number of nitrogens with zero attached hydrogens (tertiary/aromatic N) is 1. The second-order valence-corrected chi connectivity index (χ2v) is 2.60. The maximum absolute atomic E-state index is 10.5. The molecule has 12 heavy (non-hydrogen) atoms. The van der Waals surface area contributed by atoms with Gasteiger partial charge in [-0.1, -0.05) is 0 Å². The van der Waals surface area contributed by atoms with Crippen LogP contribution in [0, 0.1) is 5.92 Å². The molecule has 1 N–H and O–H groups in total. The minimum Gasteiger partial charge on any atom is -0.481 e. The molecule has 0 bridgehead atoms. The summed E-state index contributed by atoms with van der Waals surface area (Å²) >= 11 is 0. The van der Waals surface area contributed by atoms with Crippen molar-refractivity contribution in [3.05, 3.63) is 0 Å². The Morgan fingerprint density at radius 1 is 1.92 bits per heavy atom. The topological polar surface area (TPSA) is 68.1 Å². The van der Waals surface area contributed by atoms with Crippen LogP contribution in [0.4, 0.5) is 0 Å². The zero-order valence-electron chi connectivity index (χ0n) is 6.98. The lowest BCUT2D eigenvalue weighted by atomic mass is 10.0. The van der Waals surface area contributed by atoms with Crippen LogP contribution in [0.5, 0.6) is 0 Å². The minimum absolute atomic E-state index is 0.174. The summed E-state index contributed by atoms with van der Waals surface area (Å²) in [6, 6.07) is -0.322. The van der Waals surface area contributed by atoms with Gasteiger partial charge in [0.05, 0.1) is 13.0 Å². The van der Waals surface area contributed by atoms with Crippen LogP contribution in [-0.2, 0) is 14.3 Å². The highest BCUT2D eigenvalue weighted by molar-refractivity contribution is 5.73. The van der Waals surface area contributed by atoms with E-state index in [1.165, 1.54) is 7.11 Å². The Hall–Kier alpha value is -1.26. The number of rotatable bonds is 2. The van der Waals surface area contributed by atoms with Gasteiger partial charge in [-0.15, -0.1) is 0 Å². The molecule has 0 amide bonds. The predicted molar refractivity (Wildman–Crippen MR) is 41.0 cm³/mol. The molecule has 1 aliphatic rings. The molecule has 0 spiro atoms. The summed E-state index contributed by atoms with van der Waals surface area (Å²) in [6.45, 7) is 1.88. The molecule has 0 aromatic heterocycles. The molecule has 0 fully saturated rings. The normalized spacial score (nSPS) is 24.2. The number of ether oxygens (including phenoxy) is 2. The highest BCUT2D eigenvalue weighted by Crippen LogP contribution is 2.14. The van der Waals surface area contributed by atoms with Crippen LogP contribution in [0.25, 0.3) is 0 Å². The minimum atomic E-state index is -0.871. The van der Waals surface area contributed by atoms with Crippen LogP contribution in [0.1, 0.15) is 6.92 Å². The van der Waals surface area contributed by atoms with Crippen molar-refractivity contribution < 1.29 is 19.4 Å². The zero-order chi connectivity index (χ0) is 9.14. The summed E-state index contributed by atoms with van der Waals surface area (Å²) < 4.78 is 9.66. The van der Waals surface area contributed by atoms with Gasteiger partial charge in [0, 0.05) is 0 Å². The van der Waals surface area contributed by atoms with Crippen LogP contribution in [0.15, 0.2) is 4.99 Å². The van der Waals surface area contributed by atoms with Crippen molar-refractivity contribution in [3.8, 4) is 0 Å². The van der Waals surface area contributed by atoms with E-state index in [2.05, 4.69) is 4.99 Å². The Morgan fingerprint density at radius 3 is 3.00 bits per heavy atom. The van der Waals surface area contributed by atoms with Gasteiger partial charge in [-0.05, 0) is 6.92 Å². The van der Waals surface area contributed by atoms with E-state index in [9.17, 15) is 4.79 Å². The molecule has 0 radical (unpaired) electrons. The Bertz CT molecular complexity index is 213. The summed E-state index contributed by atoms with van der Waals surface area (Å²) in [6.07, 6.45) is 0.174. The third-order valence-electron chi connectivity index (χ3n) is 1.79. The molecule has 0 saturated carbocycles. The molecule has 1 rings (SSSR count). The lowest BCUT2D eigenvalue weighted by molar-refractivity contribution is -0.141. The van der Waals surface area contributed by atoms with Gasteiger partial charge in [0.15, 0.2) is 0 Å². The monoisotopic (exact) mass is 173 g/mol. The standard InChI is InChI=1S/C7H11NO4/c1-4(6(9)10)5-3-12-7(8-5)11-2/h4-5H,3H2,1-2H3,(H,9,10). The Kier molecular flexibility index (Phi) is 2.52. The lowest BCUT2D eigenvalue weighted by Gasteiger charge is -2.08. The van der Waals surface area contributed by atoms with E-state index < -0.39 is 11.9 Å². The highest BCUT2D eigenvalue weighted by atomic mass is 16.7. The fraction of sp³-hybridized carbons (Fsp3) is 0.714. The molecule has 5 nitrogen and oxygen atoms in total. The van der Waals surface area contributed by atoms with E-state index >= 15 is 0 Å². The SMILES string of the molecule is COC1=NC(C(C)C(=O)O)CO1. The number of carboxylic acids is 1. The summed E-state index contributed by atoms with van der Waals surface area (Å²) in [5, 5.41) is 8.64. The zero-order valence-corrected chi connectivity index (χ0v) is 6.98. The largest absolute Gasteiger partial charge is 0.481 e. The van der Waals surface area contributed by atoms with Gasteiger partial charge in [0.1, 0.15) is 12.6 Å². The molecule has 0 aromatic rings. The first-order valence-electron chi connectivity index (χ1n) is 3.62. The van der Waals surface area contributed by atoms with Crippen LogP contribution < -0.4 is 0 Å². The van der Waals surface area contributed by atoms with E-state index in [0.717, 1.165) is 0 Å². The van der Waals surface area contributed by atoms with E-state index in [1.54, 1.807) is 6.92 Å². The Morgan fingerprint density at radius 2 is 2.58 bits per heavy atom. The Labute approximate surface area is 70.0 Å². The van der Waals surface area contributed by atoms with Gasteiger partial charge in [0.25, 0.3) is 0 Å². The molecule has 2 atom stereocenters. The number of aliphatic imine (C=N–C) groups is 1. The van der Waals surface area contributed by atoms with Crippen molar-refractivity contribution in [1.29, 1.82) is 0 Å². The molecule has 1 aliphatic heterocycles. The van der Waals surface area contributed by atoms with Crippen LogP contribution in [-0.4, -0.2) is 36.9 Å². The van der Waals surface area contributed by atoms with E-state index in [1.807, 2.05) is 0 Å². The number of methoxy groups -OCH3 is 1. The number of hydrogen-bond acceptors (Lipinski definition) is 4. The van der Waals surface area contributed by atoms with Gasteiger partial charge < -0.3 is 14.6 Å². The number of carboxylic acid groups (broad SMARTS) is 1. The average Bonchev–Trinajstić information content (AvgIpc) is 2.50. The van der Waals surface area contributed by atoms with E-state index in [4.69, 9.17) is 14.6 Å².